The van der Waals surface area contributed by atoms with E-state index >= 15 is 0 Å². The summed E-state index contributed by atoms with van der Waals surface area (Å²) < 4.78 is 0. The summed E-state index contributed by atoms with van der Waals surface area (Å²) in [6.45, 7) is 1.81. The number of hydrogen-bond donors (Lipinski definition) is 2. The second kappa shape index (κ2) is 5.74. The number of ketones is 2. The van der Waals surface area contributed by atoms with Gasteiger partial charge in [-0.15, -0.1) is 0 Å². The van der Waals surface area contributed by atoms with Crippen molar-refractivity contribution in [1.82, 2.24) is 0 Å². The van der Waals surface area contributed by atoms with Crippen LogP contribution in [-0.2, 0) is 9.59 Å². The number of carbonyl (C=O) groups excluding carboxylic acids is 2. The number of nitrogens with two attached hydrogens (primary N) is 1. The molecule has 3 nitrogen and oxygen atoms in total. The van der Waals surface area contributed by atoms with Crippen LogP contribution >= 0.6 is 12.6 Å². The van der Waals surface area contributed by atoms with Crippen LogP contribution in [0.1, 0.15) is 6.92 Å². The molecular weight excluding hydrogens is 174 g/mol. The van der Waals surface area contributed by atoms with Gasteiger partial charge in [0.15, 0.2) is 11.6 Å². The smallest absolute Gasteiger partial charge is 0.178 e. The average Bonchev–Trinajstić information content (AvgIpc) is 1.94. The normalized spacial score (nSPS) is 16.9. The van der Waals surface area contributed by atoms with Crippen molar-refractivity contribution < 1.29 is 9.59 Å². The molecule has 12 heavy (non-hydrogen) atoms. The molecule has 1 aliphatic rings. The maximum absolute atomic E-state index is 10.3. The number of carbonyl (C=O) groups is 2. The van der Waals surface area contributed by atoms with Gasteiger partial charge in [0.25, 0.3) is 0 Å². The Kier molecular flexibility index (Phi) is 5.32. The Morgan fingerprint density at radius 2 is 1.33 bits per heavy atom. The first-order chi connectivity index (χ1) is 5.52. The van der Waals surface area contributed by atoms with Crippen molar-refractivity contribution in [2.45, 2.75) is 12.3 Å². The Hall–Kier alpha value is -0.870. The highest BCUT2D eigenvalue weighted by molar-refractivity contribution is 7.80. The van der Waals surface area contributed by atoms with Crippen LogP contribution in [0.4, 0.5) is 0 Å². The van der Waals surface area contributed by atoms with Crippen LogP contribution in [0.3, 0.4) is 0 Å². The van der Waals surface area contributed by atoms with E-state index in [-0.39, 0.29) is 16.9 Å². The van der Waals surface area contributed by atoms with Gasteiger partial charge in [-0.3, -0.25) is 9.59 Å². The molecule has 0 aromatic heterocycles. The second-order valence-corrected chi connectivity index (χ2v) is 3.03. The van der Waals surface area contributed by atoms with Crippen molar-refractivity contribution >= 4 is 24.2 Å². The molecule has 1 rings (SSSR count). The van der Waals surface area contributed by atoms with E-state index in [2.05, 4.69) is 12.6 Å². The van der Waals surface area contributed by atoms with Crippen LogP contribution in [-0.4, -0.2) is 16.9 Å². The predicted octanol–water partition coefficient (Wildman–Crippen LogP) is 0.472. The maximum Gasteiger partial charge on any atom is 0.178 e. The topological polar surface area (TPSA) is 60.2 Å². The Morgan fingerprint density at radius 3 is 1.50 bits per heavy atom. The van der Waals surface area contributed by atoms with Crippen LogP contribution in [0.15, 0.2) is 24.3 Å². The molecule has 0 bridgehead atoms. The standard InChI is InChI=1S/C6H4O2.C2H7NS/c7-5-1-2-6(8)4-3-5;1-2(3)4/h1-4H;2,4H,3H2,1H3. The summed E-state index contributed by atoms with van der Waals surface area (Å²) in [6.07, 6.45) is 5.01. The van der Waals surface area contributed by atoms with Gasteiger partial charge in [-0.2, -0.15) is 12.6 Å². The third-order valence-corrected chi connectivity index (χ3v) is 0.824. The molecule has 0 spiro atoms. The maximum atomic E-state index is 10.3. The molecule has 0 fully saturated rings. The van der Waals surface area contributed by atoms with Gasteiger partial charge in [0.05, 0.1) is 0 Å². The van der Waals surface area contributed by atoms with Gasteiger partial charge in [0.1, 0.15) is 0 Å². The van der Waals surface area contributed by atoms with Crippen molar-refractivity contribution in [3.8, 4) is 0 Å². The van der Waals surface area contributed by atoms with E-state index in [9.17, 15) is 9.59 Å². The lowest BCUT2D eigenvalue weighted by molar-refractivity contribution is -0.113. The van der Waals surface area contributed by atoms with Gasteiger partial charge in [0, 0.05) is 5.37 Å². The molecule has 0 amide bonds. The first kappa shape index (κ1) is 11.1. The summed E-state index contributed by atoms with van der Waals surface area (Å²) in [5.74, 6) is -0.241. The van der Waals surface area contributed by atoms with Gasteiger partial charge >= 0.3 is 0 Å². The van der Waals surface area contributed by atoms with Gasteiger partial charge in [0.2, 0.25) is 0 Å². The fourth-order valence-corrected chi connectivity index (χ4v) is 0.440. The average molecular weight is 185 g/mol. The lowest BCUT2D eigenvalue weighted by Gasteiger charge is -1.87. The lowest BCUT2D eigenvalue weighted by Crippen LogP contribution is -2.03. The van der Waals surface area contributed by atoms with E-state index < -0.39 is 0 Å². The van der Waals surface area contributed by atoms with Crippen LogP contribution in [0.5, 0.6) is 0 Å². The number of hydrogen-bond acceptors (Lipinski definition) is 4. The first-order valence-electron chi connectivity index (χ1n) is 3.40. The summed E-state index contributed by atoms with van der Waals surface area (Å²) in [7, 11) is 0. The van der Waals surface area contributed by atoms with Crippen LogP contribution in [0, 0.1) is 0 Å². The molecule has 0 saturated carbocycles. The molecule has 0 aromatic rings. The van der Waals surface area contributed by atoms with Crippen LogP contribution < -0.4 is 5.73 Å². The largest absolute Gasteiger partial charge is 0.320 e. The summed E-state index contributed by atoms with van der Waals surface area (Å²) in [4.78, 5) is 20.6. The van der Waals surface area contributed by atoms with Crippen LogP contribution in [0.25, 0.3) is 0 Å². The van der Waals surface area contributed by atoms with Crippen molar-refractivity contribution in [2.24, 2.45) is 5.73 Å². The minimum Gasteiger partial charge on any atom is -0.320 e. The fraction of sp³-hybridized carbons (Fsp3) is 0.250. The first-order valence-corrected chi connectivity index (χ1v) is 3.91. The van der Waals surface area contributed by atoms with Gasteiger partial charge < -0.3 is 5.73 Å². The second-order valence-electron chi connectivity index (χ2n) is 2.21. The Labute approximate surface area is 76.7 Å². The summed E-state index contributed by atoms with van der Waals surface area (Å²) in [5.41, 5.74) is 4.98. The minimum atomic E-state index is -0.121. The van der Waals surface area contributed by atoms with Crippen molar-refractivity contribution in [3.63, 3.8) is 0 Å². The van der Waals surface area contributed by atoms with Crippen molar-refractivity contribution in [1.29, 1.82) is 0 Å². The van der Waals surface area contributed by atoms with E-state index in [4.69, 9.17) is 5.73 Å². The quantitative estimate of drug-likeness (QED) is 0.328. The Bertz CT molecular complexity index is 190. The third-order valence-electron chi connectivity index (χ3n) is 0.824. The lowest BCUT2D eigenvalue weighted by atomic mass is 10.2. The molecule has 1 atom stereocenters. The summed E-state index contributed by atoms with van der Waals surface area (Å²) in [5, 5.41) is 0.0278. The molecule has 1 aliphatic carbocycles. The molecule has 0 aliphatic heterocycles. The highest BCUT2D eigenvalue weighted by Gasteiger charge is 1.97. The van der Waals surface area contributed by atoms with Gasteiger partial charge in [-0.1, -0.05) is 0 Å². The fourth-order valence-electron chi connectivity index (χ4n) is 0.440. The van der Waals surface area contributed by atoms with Crippen molar-refractivity contribution in [2.75, 3.05) is 0 Å². The molecule has 4 heteroatoms. The molecule has 0 saturated heterocycles. The minimum absolute atomic E-state index is 0.0278. The molecule has 0 radical (unpaired) electrons. The Morgan fingerprint density at radius 1 is 1.17 bits per heavy atom. The Balaban J connectivity index is 0.000000261. The van der Waals surface area contributed by atoms with E-state index in [1.54, 1.807) is 0 Å². The van der Waals surface area contributed by atoms with E-state index in [0.29, 0.717) is 0 Å². The summed E-state index contributed by atoms with van der Waals surface area (Å²) in [6, 6.07) is 0. The monoisotopic (exact) mass is 185 g/mol. The molecule has 0 heterocycles. The molecule has 66 valence electrons. The molecule has 2 N–H and O–H groups in total. The van der Waals surface area contributed by atoms with Crippen molar-refractivity contribution in [3.05, 3.63) is 24.3 Å². The third kappa shape index (κ3) is 7.24. The highest BCUT2D eigenvalue weighted by Crippen LogP contribution is 1.90. The molecule has 1 unspecified atom stereocenters. The van der Waals surface area contributed by atoms with E-state index in [1.165, 1.54) is 24.3 Å². The molecular formula is C8H11NO2S. The highest BCUT2D eigenvalue weighted by atomic mass is 32.1. The van der Waals surface area contributed by atoms with E-state index in [1.807, 2.05) is 6.92 Å². The zero-order valence-electron chi connectivity index (χ0n) is 6.73. The number of allylic oxidation sites excluding steroid dienone is 4. The molecule has 0 aromatic carbocycles. The zero-order chi connectivity index (χ0) is 9.56. The zero-order valence-corrected chi connectivity index (χ0v) is 7.62. The SMILES string of the molecule is CC(N)S.O=C1C=CC(=O)C=C1. The van der Waals surface area contributed by atoms with E-state index in [0.717, 1.165) is 0 Å². The number of rotatable bonds is 0. The predicted molar refractivity (Wildman–Crippen MR) is 50.9 cm³/mol. The number of thiol groups is 1. The summed E-state index contributed by atoms with van der Waals surface area (Å²) >= 11 is 3.74. The van der Waals surface area contributed by atoms with Gasteiger partial charge in [-0.05, 0) is 31.2 Å². The van der Waals surface area contributed by atoms with Crippen LogP contribution in [0.2, 0.25) is 0 Å². The van der Waals surface area contributed by atoms with Gasteiger partial charge in [-0.25, -0.2) is 0 Å².